The van der Waals surface area contributed by atoms with Gasteiger partial charge in [-0.05, 0) is 30.5 Å². The van der Waals surface area contributed by atoms with Crippen molar-refractivity contribution >= 4 is 11.8 Å². The standard InChI is InChI=1S/C16H23N3O2/c1-18-15(20)12-8-6-11(7-9-12)10-19(2)16(21)13-4-3-5-14(13)17/h6-9,13-14H,3-5,10,17H2,1-2H3,(H,18,20). The third-order valence-electron chi connectivity index (χ3n) is 4.13. The van der Waals surface area contributed by atoms with Gasteiger partial charge in [-0.25, -0.2) is 0 Å². The molecule has 0 saturated heterocycles. The molecule has 1 aromatic carbocycles. The molecule has 5 nitrogen and oxygen atoms in total. The molecule has 0 heterocycles. The molecule has 1 fully saturated rings. The van der Waals surface area contributed by atoms with Crippen molar-refractivity contribution in [1.29, 1.82) is 0 Å². The zero-order valence-electron chi connectivity index (χ0n) is 12.6. The molecule has 0 aromatic heterocycles. The van der Waals surface area contributed by atoms with E-state index in [4.69, 9.17) is 5.73 Å². The molecule has 1 saturated carbocycles. The average Bonchev–Trinajstić information content (AvgIpc) is 2.92. The Hall–Kier alpha value is -1.88. The molecule has 1 aliphatic carbocycles. The van der Waals surface area contributed by atoms with E-state index in [1.165, 1.54) is 0 Å². The van der Waals surface area contributed by atoms with E-state index < -0.39 is 0 Å². The molecule has 2 amide bonds. The number of nitrogens with zero attached hydrogens (tertiary/aromatic N) is 1. The fraction of sp³-hybridized carbons (Fsp3) is 0.500. The molecule has 5 heteroatoms. The molecule has 3 N–H and O–H groups in total. The van der Waals surface area contributed by atoms with Gasteiger partial charge in [-0.2, -0.15) is 0 Å². The van der Waals surface area contributed by atoms with Crippen LogP contribution in [0.4, 0.5) is 0 Å². The van der Waals surface area contributed by atoms with Crippen molar-refractivity contribution in [2.45, 2.75) is 31.8 Å². The van der Waals surface area contributed by atoms with E-state index in [1.54, 1.807) is 31.1 Å². The maximum absolute atomic E-state index is 12.4. The van der Waals surface area contributed by atoms with Gasteiger partial charge >= 0.3 is 0 Å². The molecule has 1 aliphatic rings. The predicted octanol–water partition coefficient (Wildman–Crippen LogP) is 1.13. The van der Waals surface area contributed by atoms with Gasteiger partial charge in [0.25, 0.3) is 5.91 Å². The first-order valence-electron chi connectivity index (χ1n) is 7.34. The Balaban J connectivity index is 1.97. The summed E-state index contributed by atoms with van der Waals surface area (Å²) in [7, 11) is 3.41. The van der Waals surface area contributed by atoms with Crippen LogP contribution in [-0.2, 0) is 11.3 Å². The Bertz CT molecular complexity index is 513. The minimum Gasteiger partial charge on any atom is -0.355 e. The maximum atomic E-state index is 12.4. The normalized spacial score (nSPS) is 21.1. The zero-order chi connectivity index (χ0) is 15.4. The highest BCUT2D eigenvalue weighted by atomic mass is 16.2. The van der Waals surface area contributed by atoms with E-state index in [0.29, 0.717) is 12.1 Å². The first kappa shape index (κ1) is 15.5. The van der Waals surface area contributed by atoms with Crippen molar-refractivity contribution < 1.29 is 9.59 Å². The lowest BCUT2D eigenvalue weighted by Gasteiger charge is -2.23. The minimum atomic E-state index is -0.108. The van der Waals surface area contributed by atoms with Gasteiger partial charge in [0, 0.05) is 32.2 Å². The Kier molecular flexibility index (Phi) is 4.96. The first-order chi connectivity index (χ1) is 10.0. The van der Waals surface area contributed by atoms with Gasteiger partial charge in [0.05, 0.1) is 5.92 Å². The number of benzene rings is 1. The van der Waals surface area contributed by atoms with E-state index in [-0.39, 0.29) is 23.8 Å². The van der Waals surface area contributed by atoms with Crippen LogP contribution >= 0.6 is 0 Å². The molecule has 2 rings (SSSR count). The number of carbonyl (C=O) groups excluding carboxylic acids is 2. The van der Waals surface area contributed by atoms with E-state index in [2.05, 4.69) is 5.32 Å². The fourth-order valence-electron chi connectivity index (χ4n) is 2.84. The van der Waals surface area contributed by atoms with Gasteiger partial charge in [-0.15, -0.1) is 0 Å². The van der Waals surface area contributed by atoms with Gasteiger partial charge in [0.2, 0.25) is 5.91 Å². The summed E-state index contributed by atoms with van der Waals surface area (Å²) in [6.07, 6.45) is 2.86. The monoisotopic (exact) mass is 289 g/mol. The van der Waals surface area contributed by atoms with Gasteiger partial charge in [0.15, 0.2) is 0 Å². The second-order valence-corrected chi connectivity index (χ2v) is 5.67. The van der Waals surface area contributed by atoms with Crippen LogP contribution in [0.5, 0.6) is 0 Å². The summed E-state index contributed by atoms with van der Waals surface area (Å²) in [5.41, 5.74) is 7.61. The van der Waals surface area contributed by atoms with Crippen molar-refractivity contribution in [2.75, 3.05) is 14.1 Å². The van der Waals surface area contributed by atoms with E-state index in [0.717, 1.165) is 24.8 Å². The third kappa shape index (κ3) is 3.61. The summed E-state index contributed by atoms with van der Waals surface area (Å²) in [5.74, 6) is -0.0292. The molecule has 0 aliphatic heterocycles. The SMILES string of the molecule is CNC(=O)c1ccc(CN(C)C(=O)C2CCCC2N)cc1. The number of carbonyl (C=O) groups is 2. The van der Waals surface area contributed by atoms with Crippen LogP contribution in [0.15, 0.2) is 24.3 Å². The van der Waals surface area contributed by atoms with Gasteiger partial charge in [0.1, 0.15) is 0 Å². The minimum absolute atomic E-state index is 0.00410. The molecule has 0 bridgehead atoms. The number of rotatable bonds is 4. The van der Waals surface area contributed by atoms with Crippen LogP contribution < -0.4 is 11.1 Å². The smallest absolute Gasteiger partial charge is 0.251 e. The molecule has 2 unspecified atom stereocenters. The summed E-state index contributed by atoms with van der Waals surface area (Å²) in [6.45, 7) is 0.538. The van der Waals surface area contributed by atoms with Crippen molar-refractivity contribution in [3.05, 3.63) is 35.4 Å². The van der Waals surface area contributed by atoms with Crippen LogP contribution in [-0.4, -0.2) is 36.9 Å². The molecular weight excluding hydrogens is 266 g/mol. The van der Waals surface area contributed by atoms with E-state index in [9.17, 15) is 9.59 Å². The molecule has 21 heavy (non-hydrogen) atoms. The fourth-order valence-corrected chi connectivity index (χ4v) is 2.84. The lowest BCUT2D eigenvalue weighted by atomic mass is 10.0. The zero-order valence-corrected chi connectivity index (χ0v) is 12.6. The van der Waals surface area contributed by atoms with Crippen LogP contribution in [0, 0.1) is 5.92 Å². The lowest BCUT2D eigenvalue weighted by molar-refractivity contribution is -0.134. The maximum Gasteiger partial charge on any atom is 0.251 e. The highest BCUT2D eigenvalue weighted by molar-refractivity contribution is 5.93. The van der Waals surface area contributed by atoms with Crippen molar-refractivity contribution in [3.63, 3.8) is 0 Å². The highest BCUT2D eigenvalue weighted by Gasteiger charge is 2.32. The van der Waals surface area contributed by atoms with E-state index in [1.807, 2.05) is 12.1 Å². The van der Waals surface area contributed by atoms with Crippen LogP contribution in [0.1, 0.15) is 35.2 Å². The van der Waals surface area contributed by atoms with Gasteiger partial charge in [-0.1, -0.05) is 18.6 Å². The Morgan fingerprint density at radius 1 is 1.29 bits per heavy atom. The Morgan fingerprint density at radius 2 is 1.95 bits per heavy atom. The molecule has 114 valence electrons. The second kappa shape index (κ2) is 6.72. The molecule has 0 radical (unpaired) electrons. The number of nitrogens with one attached hydrogen (secondary N) is 1. The average molecular weight is 289 g/mol. The Labute approximate surface area is 125 Å². The van der Waals surface area contributed by atoms with E-state index >= 15 is 0 Å². The molecule has 1 aromatic rings. The predicted molar refractivity (Wildman–Crippen MR) is 81.6 cm³/mol. The summed E-state index contributed by atoms with van der Waals surface area (Å²) in [5, 5.41) is 2.58. The molecule has 2 atom stereocenters. The van der Waals surface area contributed by atoms with Gasteiger partial charge < -0.3 is 16.0 Å². The van der Waals surface area contributed by atoms with Crippen LogP contribution in [0.2, 0.25) is 0 Å². The van der Waals surface area contributed by atoms with Crippen molar-refractivity contribution in [3.8, 4) is 0 Å². The largest absolute Gasteiger partial charge is 0.355 e. The first-order valence-corrected chi connectivity index (χ1v) is 7.34. The number of hydrogen-bond donors (Lipinski definition) is 2. The third-order valence-corrected chi connectivity index (χ3v) is 4.13. The Morgan fingerprint density at radius 3 is 2.48 bits per heavy atom. The summed E-state index contributed by atoms with van der Waals surface area (Å²) in [4.78, 5) is 25.6. The number of nitrogens with two attached hydrogens (primary N) is 1. The van der Waals surface area contributed by atoms with Crippen LogP contribution in [0.25, 0.3) is 0 Å². The lowest BCUT2D eigenvalue weighted by Crippen LogP contribution is -2.39. The number of hydrogen-bond acceptors (Lipinski definition) is 3. The summed E-state index contributed by atoms with van der Waals surface area (Å²) in [6, 6.07) is 7.29. The number of amides is 2. The topological polar surface area (TPSA) is 75.4 Å². The van der Waals surface area contributed by atoms with Crippen molar-refractivity contribution in [1.82, 2.24) is 10.2 Å². The summed E-state index contributed by atoms with van der Waals surface area (Å²) >= 11 is 0. The summed E-state index contributed by atoms with van der Waals surface area (Å²) < 4.78 is 0. The van der Waals surface area contributed by atoms with Crippen molar-refractivity contribution in [2.24, 2.45) is 11.7 Å². The molecule has 0 spiro atoms. The van der Waals surface area contributed by atoms with Gasteiger partial charge in [-0.3, -0.25) is 9.59 Å². The molecular formula is C16H23N3O2. The second-order valence-electron chi connectivity index (χ2n) is 5.67. The van der Waals surface area contributed by atoms with Crippen LogP contribution in [0.3, 0.4) is 0 Å². The quantitative estimate of drug-likeness (QED) is 0.872. The highest BCUT2D eigenvalue weighted by Crippen LogP contribution is 2.26.